The molecule has 0 heterocycles. The number of anilines is 2. The van der Waals surface area contributed by atoms with Gasteiger partial charge >= 0.3 is 6.03 Å². The molecule has 0 radical (unpaired) electrons. The molecular formula is C18H18ClN3O2. The molecule has 0 bridgehead atoms. The largest absolute Gasteiger partial charge is 0.333 e. The highest BCUT2D eigenvalue weighted by Gasteiger charge is 2.09. The third-order valence-corrected chi connectivity index (χ3v) is 3.35. The minimum atomic E-state index is -0.397. The van der Waals surface area contributed by atoms with Crippen LogP contribution in [0.4, 0.5) is 16.2 Å². The standard InChI is InChI=1S/C18H18ClN3O2/c1-12-8-9-15(21-17(23)14-6-4-3-5-7-14)10-16(12)22-18(24)20-11-13(2)19/h3-10H,2,11H2,1H3,(H,21,23)(H2,20,22,24). The van der Waals surface area contributed by atoms with Gasteiger partial charge in [0.1, 0.15) is 0 Å². The number of halogens is 1. The van der Waals surface area contributed by atoms with Crippen molar-refractivity contribution in [2.24, 2.45) is 0 Å². The molecule has 0 fully saturated rings. The van der Waals surface area contributed by atoms with Crippen LogP contribution in [0.2, 0.25) is 0 Å². The van der Waals surface area contributed by atoms with Crippen molar-refractivity contribution in [2.75, 3.05) is 17.2 Å². The van der Waals surface area contributed by atoms with Gasteiger partial charge in [-0.3, -0.25) is 4.79 Å². The summed E-state index contributed by atoms with van der Waals surface area (Å²) in [5.41, 5.74) is 2.61. The lowest BCUT2D eigenvalue weighted by Gasteiger charge is -2.12. The van der Waals surface area contributed by atoms with E-state index in [-0.39, 0.29) is 12.5 Å². The zero-order chi connectivity index (χ0) is 17.5. The topological polar surface area (TPSA) is 70.2 Å². The summed E-state index contributed by atoms with van der Waals surface area (Å²) in [5.74, 6) is -0.215. The van der Waals surface area contributed by atoms with Crippen molar-refractivity contribution in [2.45, 2.75) is 6.92 Å². The monoisotopic (exact) mass is 343 g/mol. The van der Waals surface area contributed by atoms with Crippen LogP contribution in [0.1, 0.15) is 15.9 Å². The molecule has 24 heavy (non-hydrogen) atoms. The number of hydrogen-bond acceptors (Lipinski definition) is 2. The number of benzene rings is 2. The van der Waals surface area contributed by atoms with Gasteiger partial charge in [-0.25, -0.2) is 4.79 Å². The molecule has 3 N–H and O–H groups in total. The van der Waals surface area contributed by atoms with Gasteiger partial charge in [0.25, 0.3) is 5.91 Å². The average molecular weight is 344 g/mol. The zero-order valence-electron chi connectivity index (χ0n) is 13.2. The Morgan fingerprint density at radius 1 is 1.08 bits per heavy atom. The third kappa shape index (κ3) is 5.14. The van der Waals surface area contributed by atoms with Crippen molar-refractivity contribution in [3.05, 3.63) is 71.3 Å². The number of aryl methyl sites for hydroxylation is 1. The SMILES string of the molecule is C=C(Cl)CNC(=O)Nc1cc(NC(=O)c2ccccc2)ccc1C. The highest BCUT2D eigenvalue weighted by atomic mass is 35.5. The van der Waals surface area contributed by atoms with Crippen LogP contribution in [0.5, 0.6) is 0 Å². The fraction of sp³-hybridized carbons (Fsp3) is 0.111. The first-order chi connectivity index (χ1) is 11.5. The van der Waals surface area contributed by atoms with E-state index in [4.69, 9.17) is 11.6 Å². The number of hydrogen-bond donors (Lipinski definition) is 3. The fourth-order valence-corrected chi connectivity index (χ4v) is 2.04. The number of nitrogens with one attached hydrogen (secondary N) is 3. The summed E-state index contributed by atoms with van der Waals surface area (Å²) in [6, 6.07) is 13.8. The van der Waals surface area contributed by atoms with Crippen LogP contribution in [-0.2, 0) is 0 Å². The van der Waals surface area contributed by atoms with Crippen LogP contribution < -0.4 is 16.0 Å². The Bertz CT molecular complexity index is 760. The molecule has 5 nitrogen and oxygen atoms in total. The smallest absolute Gasteiger partial charge is 0.319 e. The maximum Gasteiger partial charge on any atom is 0.319 e. The molecule has 2 aromatic rings. The predicted octanol–water partition coefficient (Wildman–Crippen LogP) is 4.12. The zero-order valence-corrected chi connectivity index (χ0v) is 14.0. The van der Waals surface area contributed by atoms with Crippen molar-refractivity contribution in [3.63, 3.8) is 0 Å². The molecular weight excluding hydrogens is 326 g/mol. The van der Waals surface area contributed by atoms with Crippen LogP contribution in [0, 0.1) is 6.92 Å². The summed E-state index contributed by atoms with van der Waals surface area (Å²) < 4.78 is 0. The maximum absolute atomic E-state index is 12.2. The summed E-state index contributed by atoms with van der Waals surface area (Å²) in [5, 5.41) is 8.43. The number of amides is 3. The van der Waals surface area contributed by atoms with E-state index in [1.165, 1.54) is 0 Å². The van der Waals surface area contributed by atoms with E-state index in [0.29, 0.717) is 22.0 Å². The normalized spacial score (nSPS) is 9.92. The van der Waals surface area contributed by atoms with Crippen molar-refractivity contribution in [1.29, 1.82) is 0 Å². The van der Waals surface area contributed by atoms with Crippen LogP contribution in [0.3, 0.4) is 0 Å². The quantitative estimate of drug-likeness (QED) is 0.764. The van der Waals surface area contributed by atoms with Crippen molar-refractivity contribution in [3.8, 4) is 0 Å². The Morgan fingerprint density at radius 3 is 2.46 bits per heavy atom. The predicted molar refractivity (Wildman–Crippen MR) is 97.6 cm³/mol. The second-order valence-electron chi connectivity index (χ2n) is 5.17. The number of carbonyl (C=O) groups excluding carboxylic acids is 2. The second kappa shape index (κ2) is 8.17. The number of urea groups is 1. The molecule has 0 saturated heterocycles. The third-order valence-electron chi connectivity index (χ3n) is 3.22. The number of rotatable bonds is 5. The van der Waals surface area contributed by atoms with Crippen LogP contribution in [0.25, 0.3) is 0 Å². The molecule has 6 heteroatoms. The molecule has 2 rings (SSSR count). The minimum Gasteiger partial charge on any atom is -0.333 e. The molecule has 3 amide bonds. The molecule has 0 aliphatic heterocycles. The molecule has 0 aliphatic carbocycles. The summed E-state index contributed by atoms with van der Waals surface area (Å²) in [6.07, 6.45) is 0. The van der Waals surface area contributed by atoms with Gasteiger partial charge in [-0.2, -0.15) is 0 Å². The molecule has 0 aliphatic rings. The van der Waals surface area contributed by atoms with Crippen molar-refractivity contribution in [1.82, 2.24) is 5.32 Å². The summed E-state index contributed by atoms with van der Waals surface area (Å²) >= 11 is 5.61. The van der Waals surface area contributed by atoms with E-state index >= 15 is 0 Å². The van der Waals surface area contributed by atoms with E-state index in [1.54, 1.807) is 36.4 Å². The molecule has 0 spiro atoms. The Hall–Kier alpha value is -2.79. The second-order valence-corrected chi connectivity index (χ2v) is 5.71. The first-order valence-electron chi connectivity index (χ1n) is 7.31. The summed E-state index contributed by atoms with van der Waals surface area (Å²) in [6.45, 7) is 5.54. The average Bonchev–Trinajstić information content (AvgIpc) is 2.57. The molecule has 0 atom stereocenters. The molecule has 0 aromatic heterocycles. The van der Waals surface area contributed by atoms with Gasteiger partial charge in [0, 0.05) is 22.0 Å². The van der Waals surface area contributed by atoms with Gasteiger partial charge in [-0.05, 0) is 36.8 Å². The highest BCUT2D eigenvalue weighted by molar-refractivity contribution is 6.29. The molecule has 0 saturated carbocycles. The molecule has 124 valence electrons. The lowest BCUT2D eigenvalue weighted by atomic mass is 10.1. The minimum absolute atomic E-state index is 0.177. The highest BCUT2D eigenvalue weighted by Crippen LogP contribution is 2.21. The Morgan fingerprint density at radius 2 is 1.79 bits per heavy atom. The summed E-state index contributed by atoms with van der Waals surface area (Å²) in [7, 11) is 0. The Kier molecular flexibility index (Phi) is 5.98. The van der Waals surface area contributed by atoms with Crippen LogP contribution in [0.15, 0.2) is 60.1 Å². The van der Waals surface area contributed by atoms with Crippen molar-refractivity contribution >= 4 is 34.9 Å². The van der Waals surface area contributed by atoms with Crippen molar-refractivity contribution < 1.29 is 9.59 Å². The van der Waals surface area contributed by atoms with E-state index in [1.807, 2.05) is 19.1 Å². The van der Waals surface area contributed by atoms with Gasteiger partial charge in [0.05, 0.1) is 6.54 Å². The number of carbonyl (C=O) groups is 2. The molecule has 2 aromatic carbocycles. The van der Waals surface area contributed by atoms with Crippen LogP contribution >= 0.6 is 11.6 Å². The Balaban J connectivity index is 2.06. The van der Waals surface area contributed by atoms with E-state index in [0.717, 1.165) is 5.56 Å². The fourth-order valence-electron chi connectivity index (χ4n) is 1.97. The molecule has 0 unspecified atom stereocenters. The van der Waals surface area contributed by atoms with E-state index < -0.39 is 6.03 Å². The lowest BCUT2D eigenvalue weighted by molar-refractivity contribution is 0.102. The van der Waals surface area contributed by atoms with Gasteiger partial charge < -0.3 is 16.0 Å². The van der Waals surface area contributed by atoms with Gasteiger partial charge in [0.2, 0.25) is 0 Å². The first kappa shape index (κ1) is 17.6. The van der Waals surface area contributed by atoms with Gasteiger partial charge in [-0.15, -0.1) is 0 Å². The maximum atomic E-state index is 12.2. The van der Waals surface area contributed by atoms with Crippen LogP contribution in [-0.4, -0.2) is 18.5 Å². The van der Waals surface area contributed by atoms with E-state index in [2.05, 4.69) is 22.5 Å². The van der Waals surface area contributed by atoms with Gasteiger partial charge in [-0.1, -0.05) is 42.4 Å². The Labute approximate surface area is 145 Å². The van der Waals surface area contributed by atoms with E-state index in [9.17, 15) is 9.59 Å². The summed E-state index contributed by atoms with van der Waals surface area (Å²) in [4.78, 5) is 24.0. The van der Waals surface area contributed by atoms with Gasteiger partial charge in [0.15, 0.2) is 0 Å². The lowest BCUT2D eigenvalue weighted by Crippen LogP contribution is -2.29. The first-order valence-corrected chi connectivity index (χ1v) is 7.68.